The van der Waals surface area contributed by atoms with Crippen molar-refractivity contribution in [2.75, 3.05) is 5.32 Å². The van der Waals surface area contributed by atoms with Crippen molar-refractivity contribution in [1.82, 2.24) is 4.98 Å². The molecule has 0 atom stereocenters. The molecule has 0 saturated carbocycles. The zero-order chi connectivity index (χ0) is 16.2. The Kier molecular flexibility index (Phi) is 4.45. The number of anilines is 1. The van der Waals surface area contributed by atoms with Crippen LogP contribution in [0.5, 0.6) is 0 Å². The van der Waals surface area contributed by atoms with Crippen molar-refractivity contribution in [1.29, 1.82) is 0 Å². The maximum absolute atomic E-state index is 11.9. The average molecular weight is 345 g/mol. The number of thiazole rings is 1. The van der Waals surface area contributed by atoms with Crippen LogP contribution in [0.1, 0.15) is 4.88 Å². The number of nitrogens with one attached hydrogen (secondary N) is 1. The minimum atomic E-state index is -0.443. The lowest BCUT2D eigenvalue weighted by Crippen LogP contribution is -2.13. The predicted molar refractivity (Wildman–Crippen MR) is 90.9 cm³/mol. The van der Waals surface area contributed by atoms with Crippen LogP contribution in [0.4, 0.5) is 10.8 Å². The summed E-state index contributed by atoms with van der Waals surface area (Å²) in [6.45, 7) is 0. The number of nitro benzene ring substituents is 1. The fourth-order valence-electron chi connectivity index (χ4n) is 1.95. The fourth-order valence-corrected chi connectivity index (χ4v) is 3.39. The molecule has 23 heavy (non-hydrogen) atoms. The van der Waals surface area contributed by atoms with Crippen molar-refractivity contribution in [2.45, 2.75) is 6.42 Å². The summed E-state index contributed by atoms with van der Waals surface area (Å²) < 4.78 is 0. The monoisotopic (exact) mass is 345 g/mol. The topological polar surface area (TPSA) is 85.1 Å². The molecular weight excluding hydrogens is 334 g/mol. The first kappa shape index (κ1) is 15.3. The molecule has 2 heterocycles. The van der Waals surface area contributed by atoms with E-state index >= 15 is 0 Å². The number of carbonyl (C=O) groups excluding carboxylic acids is 1. The van der Waals surface area contributed by atoms with Gasteiger partial charge in [-0.05, 0) is 23.6 Å². The number of nitrogens with zero attached hydrogens (tertiary/aromatic N) is 2. The molecule has 1 N–H and O–H groups in total. The highest BCUT2D eigenvalue weighted by molar-refractivity contribution is 7.14. The van der Waals surface area contributed by atoms with Crippen molar-refractivity contribution in [3.63, 3.8) is 0 Å². The summed E-state index contributed by atoms with van der Waals surface area (Å²) in [6, 6.07) is 9.97. The molecule has 3 rings (SSSR count). The number of nitro groups is 1. The molecule has 8 heteroatoms. The van der Waals surface area contributed by atoms with Gasteiger partial charge >= 0.3 is 0 Å². The Labute approximate surface area is 139 Å². The average Bonchev–Trinajstić information content (AvgIpc) is 3.19. The molecule has 2 aromatic heterocycles. The van der Waals surface area contributed by atoms with Gasteiger partial charge in [-0.25, -0.2) is 4.98 Å². The lowest BCUT2D eigenvalue weighted by molar-refractivity contribution is -0.384. The minimum Gasteiger partial charge on any atom is -0.302 e. The van der Waals surface area contributed by atoms with Crippen molar-refractivity contribution in [3.8, 4) is 11.3 Å². The zero-order valence-electron chi connectivity index (χ0n) is 11.8. The number of carbonyl (C=O) groups is 1. The Hall–Kier alpha value is -2.58. The highest BCUT2D eigenvalue weighted by Gasteiger charge is 2.10. The highest BCUT2D eigenvalue weighted by Crippen LogP contribution is 2.26. The van der Waals surface area contributed by atoms with Crippen molar-refractivity contribution < 1.29 is 9.72 Å². The van der Waals surface area contributed by atoms with E-state index in [1.807, 2.05) is 22.9 Å². The molecule has 3 aromatic rings. The van der Waals surface area contributed by atoms with Gasteiger partial charge in [0.1, 0.15) is 0 Å². The maximum atomic E-state index is 11.9. The molecule has 0 bridgehead atoms. The molecule has 0 aliphatic rings. The lowest BCUT2D eigenvalue weighted by atomic mass is 10.1. The summed E-state index contributed by atoms with van der Waals surface area (Å²) in [5.41, 5.74) is 1.48. The second-order valence-corrected chi connectivity index (χ2v) is 6.54. The van der Waals surface area contributed by atoms with E-state index in [1.165, 1.54) is 34.8 Å². The van der Waals surface area contributed by atoms with E-state index in [-0.39, 0.29) is 11.6 Å². The van der Waals surface area contributed by atoms with Gasteiger partial charge in [0.15, 0.2) is 5.13 Å². The molecule has 1 amide bonds. The standard InChI is InChI=1S/C15H11N3O3S2/c19-14(8-12-2-1-7-22-12)17-15-16-13(9-23-15)10-3-5-11(6-4-10)18(20)21/h1-7,9H,8H2,(H,16,17,19). The number of amides is 1. The first-order valence-corrected chi connectivity index (χ1v) is 8.40. The van der Waals surface area contributed by atoms with E-state index in [1.54, 1.807) is 12.1 Å². The molecule has 116 valence electrons. The van der Waals surface area contributed by atoms with Crippen LogP contribution in [-0.2, 0) is 11.2 Å². The van der Waals surface area contributed by atoms with Gasteiger partial charge in [0.2, 0.25) is 5.91 Å². The summed E-state index contributed by atoms with van der Waals surface area (Å²) in [7, 11) is 0. The normalized spacial score (nSPS) is 10.4. The quantitative estimate of drug-likeness (QED) is 0.560. The SMILES string of the molecule is O=C(Cc1cccs1)Nc1nc(-c2ccc([N+](=O)[O-])cc2)cs1. The van der Waals surface area contributed by atoms with Gasteiger partial charge in [0.25, 0.3) is 5.69 Å². The zero-order valence-corrected chi connectivity index (χ0v) is 13.4. The molecule has 0 radical (unpaired) electrons. The van der Waals surface area contributed by atoms with E-state index in [0.717, 1.165) is 10.4 Å². The Morgan fingerprint density at radius 1 is 1.22 bits per heavy atom. The van der Waals surface area contributed by atoms with E-state index in [0.29, 0.717) is 17.2 Å². The summed E-state index contributed by atoms with van der Waals surface area (Å²) >= 11 is 2.86. The van der Waals surface area contributed by atoms with Gasteiger partial charge in [-0.2, -0.15) is 0 Å². The number of thiophene rings is 1. The number of benzene rings is 1. The van der Waals surface area contributed by atoms with Gasteiger partial charge < -0.3 is 5.32 Å². The van der Waals surface area contributed by atoms with Crippen LogP contribution in [0.25, 0.3) is 11.3 Å². The fraction of sp³-hybridized carbons (Fsp3) is 0.0667. The number of rotatable bonds is 5. The van der Waals surface area contributed by atoms with Crippen LogP contribution in [0.15, 0.2) is 47.2 Å². The first-order chi connectivity index (χ1) is 11.1. The third kappa shape index (κ3) is 3.79. The van der Waals surface area contributed by atoms with E-state index in [9.17, 15) is 14.9 Å². The van der Waals surface area contributed by atoms with Crippen LogP contribution < -0.4 is 5.32 Å². The molecule has 0 unspecified atom stereocenters. The Bertz CT molecular complexity index is 826. The van der Waals surface area contributed by atoms with Crippen molar-refractivity contribution in [2.24, 2.45) is 0 Å². The second-order valence-electron chi connectivity index (χ2n) is 4.65. The molecule has 0 fully saturated rings. The highest BCUT2D eigenvalue weighted by atomic mass is 32.1. The third-order valence-electron chi connectivity index (χ3n) is 3.04. The number of non-ortho nitro benzene ring substituents is 1. The minimum absolute atomic E-state index is 0.0356. The Balaban J connectivity index is 1.67. The maximum Gasteiger partial charge on any atom is 0.269 e. The van der Waals surface area contributed by atoms with Crippen LogP contribution in [0.2, 0.25) is 0 Å². The second kappa shape index (κ2) is 6.67. The molecule has 0 spiro atoms. The van der Waals surface area contributed by atoms with Gasteiger partial charge in [-0.1, -0.05) is 6.07 Å². The molecule has 1 aromatic carbocycles. The van der Waals surface area contributed by atoms with E-state index in [2.05, 4.69) is 10.3 Å². The van der Waals surface area contributed by atoms with E-state index in [4.69, 9.17) is 0 Å². The number of hydrogen-bond donors (Lipinski definition) is 1. The molecule has 0 saturated heterocycles. The summed E-state index contributed by atoms with van der Waals surface area (Å²) in [6.07, 6.45) is 0.324. The summed E-state index contributed by atoms with van der Waals surface area (Å²) in [5, 5.41) is 17.7. The largest absolute Gasteiger partial charge is 0.302 e. The first-order valence-electron chi connectivity index (χ1n) is 6.64. The van der Waals surface area contributed by atoms with Crippen molar-refractivity contribution in [3.05, 3.63) is 62.1 Å². The Morgan fingerprint density at radius 2 is 2.00 bits per heavy atom. The van der Waals surface area contributed by atoms with E-state index < -0.39 is 4.92 Å². The van der Waals surface area contributed by atoms with Gasteiger partial charge in [0.05, 0.1) is 17.0 Å². The van der Waals surface area contributed by atoms with Crippen LogP contribution in [0, 0.1) is 10.1 Å². The van der Waals surface area contributed by atoms with Gasteiger partial charge in [0, 0.05) is 28.0 Å². The smallest absolute Gasteiger partial charge is 0.269 e. The predicted octanol–water partition coefficient (Wildman–Crippen LogP) is 3.96. The number of aromatic nitrogens is 1. The molecule has 6 nitrogen and oxygen atoms in total. The number of hydrogen-bond acceptors (Lipinski definition) is 6. The lowest BCUT2D eigenvalue weighted by Gasteiger charge is -1.99. The third-order valence-corrected chi connectivity index (χ3v) is 4.67. The summed E-state index contributed by atoms with van der Waals surface area (Å²) in [4.78, 5) is 27.5. The Morgan fingerprint density at radius 3 is 2.65 bits per heavy atom. The molecular formula is C15H11N3O3S2. The molecule has 0 aliphatic carbocycles. The molecule has 0 aliphatic heterocycles. The van der Waals surface area contributed by atoms with Crippen LogP contribution in [-0.4, -0.2) is 15.8 Å². The van der Waals surface area contributed by atoms with Gasteiger partial charge in [-0.15, -0.1) is 22.7 Å². The van der Waals surface area contributed by atoms with Gasteiger partial charge in [-0.3, -0.25) is 14.9 Å². The van der Waals surface area contributed by atoms with Crippen molar-refractivity contribution >= 4 is 39.4 Å². The van der Waals surface area contributed by atoms with Crippen LogP contribution >= 0.6 is 22.7 Å². The van der Waals surface area contributed by atoms with Crippen LogP contribution in [0.3, 0.4) is 0 Å². The summed E-state index contributed by atoms with van der Waals surface area (Å²) in [5.74, 6) is -0.114.